The number of benzene rings is 1. The predicted octanol–water partition coefficient (Wildman–Crippen LogP) is -0.0918. The summed E-state index contributed by atoms with van der Waals surface area (Å²) in [4.78, 5) is 14.6. The molecule has 0 bridgehead atoms. The molecule has 130 valence electrons. The van der Waals surface area contributed by atoms with Gasteiger partial charge in [0.15, 0.2) is 0 Å². The number of amides is 1. The molecule has 1 aromatic rings. The molecule has 1 aromatic carbocycles. The van der Waals surface area contributed by atoms with Gasteiger partial charge in [0.05, 0.1) is 17.6 Å². The van der Waals surface area contributed by atoms with Gasteiger partial charge in [-0.25, -0.2) is 13.6 Å². The molecule has 3 N–H and O–H groups in total. The van der Waals surface area contributed by atoms with Crippen molar-refractivity contribution in [3.8, 4) is 5.75 Å². The summed E-state index contributed by atoms with van der Waals surface area (Å²) in [5, 5.41) is 7.98. The van der Waals surface area contributed by atoms with Gasteiger partial charge in [-0.15, -0.1) is 0 Å². The molecule has 0 spiro atoms. The number of nitrogens with two attached hydrogens (primary N) is 1. The van der Waals surface area contributed by atoms with Gasteiger partial charge in [0, 0.05) is 12.6 Å². The Hall–Kier alpha value is -0.640. The van der Waals surface area contributed by atoms with Crippen LogP contribution in [0, 0.1) is 0 Å². The average Bonchev–Trinajstić information content (AvgIpc) is 2.98. The van der Waals surface area contributed by atoms with E-state index in [1.807, 2.05) is 0 Å². The first kappa shape index (κ1) is 21.4. The van der Waals surface area contributed by atoms with E-state index in [-0.39, 0.29) is 45.9 Å². The van der Waals surface area contributed by atoms with Gasteiger partial charge in [-0.1, -0.05) is 6.92 Å². The van der Waals surface area contributed by atoms with Crippen molar-refractivity contribution in [3.63, 3.8) is 0 Å². The molecule has 1 unspecified atom stereocenters. The quantitative estimate of drug-likeness (QED) is 0.686. The van der Waals surface area contributed by atoms with Gasteiger partial charge < -0.3 is 10.1 Å². The molecule has 0 saturated carbocycles. The fraction of sp³-hybridized carbons (Fsp3) is 0.533. The number of likely N-dealkylation sites (N-methyl/N-ethyl adjacent to an activating group) is 1. The Balaban J connectivity index is 0.00000288. The number of nitrogens with zero attached hydrogens (tertiary/aromatic N) is 1. The zero-order chi connectivity index (χ0) is 17.0. The first-order chi connectivity index (χ1) is 10.9. The molecule has 1 amide bonds. The van der Waals surface area contributed by atoms with E-state index < -0.39 is 10.0 Å². The summed E-state index contributed by atoms with van der Waals surface area (Å²) in [5.74, 6) is -0.0519. The third-order valence-electron chi connectivity index (χ3n) is 4.15. The Morgan fingerprint density at radius 2 is 2.17 bits per heavy atom. The number of hydrogen-bond acceptors (Lipinski definition) is 5. The molecule has 9 heteroatoms. The zero-order valence-corrected chi connectivity index (χ0v) is 14.2. The Morgan fingerprint density at radius 1 is 1.46 bits per heavy atom. The normalized spacial score (nSPS) is 18.0. The van der Waals surface area contributed by atoms with Crippen molar-refractivity contribution < 1.29 is 17.9 Å². The number of ether oxygens (including phenoxy) is 1. The van der Waals surface area contributed by atoms with Crippen LogP contribution in [-0.4, -0.2) is 81.6 Å². The number of nitrogens with one attached hydrogen (secondary N) is 1. The summed E-state index contributed by atoms with van der Waals surface area (Å²) in [7, 11) is -2.44. The minimum absolute atomic E-state index is 0. The van der Waals surface area contributed by atoms with Gasteiger partial charge in [0.2, 0.25) is 10.0 Å². The van der Waals surface area contributed by atoms with Crippen molar-refractivity contribution in [1.82, 2.24) is 10.2 Å². The van der Waals surface area contributed by atoms with Crippen LogP contribution in [0.1, 0.15) is 30.1 Å². The minimum atomic E-state index is -3.87. The molecule has 1 aliphatic heterocycles. The van der Waals surface area contributed by atoms with Crippen LogP contribution in [0.25, 0.3) is 0 Å². The van der Waals surface area contributed by atoms with Crippen LogP contribution in [0.15, 0.2) is 23.1 Å². The summed E-state index contributed by atoms with van der Waals surface area (Å²) in [6.45, 7) is 4.61. The number of rotatable bonds is 6. The van der Waals surface area contributed by atoms with E-state index >= 15 is 0 Å². The van der Waals surface area contributed by atoms with Gasteiger partial charge in [-0.3, -0.25) is 9.69 Å². The second-order valence-electron chi connectivity index (χ2n) is 5.54. The van der Waals surface area contributed by atoms with Gasteiger partial charge in [0.1, 0.15) is 5.75 Å². The van der Waals surface area contributed by atoms with E-state index in [2.05, 4.69) is 17.1 Å². The summed E-state index contributed by atoms with van der Waals surface area (Å²) >= 11 is 0. The fourth-order valence-electron chi connectivity index (χ4n) is 2.89. The summed E-state index contributed by atoms with van der Waals surface area (Å²) in [6, 6.07) is 4.32. The Morgan fingerprint density at radius 3 is 2.75 bits per heavy atom. The summed E-state index contributed by atoms with van der Waals surface area (Å²) < 4.78 is 28.1. The second-order valence-corrected chi connectivity index (χ2v) is 7.10. The van der Waals surface area contributed by atoms with Gasteiger partial charge >= 0.3 is 29.6 Å². The number of primary sulfonamides is 1. The van der Waals surface area contributed by atoms with E-state index in [9.17, 15) is 13.2 Å². The Bertz CT molecular complexity index is 681. The van der Waals surface area contributed by atoms with Crippen molar-refractivity contribution in [2.45, 2.75) is 30.7 Å². The van der Waals surface area contributed by atoms with E-state index in [0.29, 0.717) is 18.3 Å². The molecule has 1 fully saturated rings. The summed E-state index contributed by atoms with van der Waals surface area (Å²) in [6.07, 6.45) is 2.17. The topological polar surface area (TPSA) is 102 Å². The third kappa shape index (κ3) is 5.18. The van der Waals surface area contributed by atoms with E-state index in [0.717, 1.165) is 25.9 Å². The molecule has 0 radical (unpaired) electrons. The third-order valence-corrected chi connectivity index (χ3v) is 5.06. The average molecular weight is 365 g/mol. The maximum absolute atomic E-state index is 12.4. The first-order valence-corrected chi connectivity index (χ1v) is 9.14. The molecule has 0 aliphatic carbocycles. The molecular weight excluding hydrogens is 341 g/mol. The molecule has 2 rings (SSSR count). The molecule has 0 aromatic heterocycles. The number of carbonyl (C=O) groups excluding carboxylic acids is 1. The SMILES string of the molecule is CCN1CCCC1CNC(=O)c1cc(S(N)(=O)=O)ccc1OC.[NaH]. The van der Waals surface area contributed by atoms with Crippen molar-refractivity contribution in [2.75, 3.05) is 26.7 Å². The number of hydrogen-bond donors (Lipinski definition) is 2. The van der Waals surface area contributed by atoms with Crippen LogP contribution in [0.4, 0.5) is 0 Å². The van der Waals surface area contributed by atoms with E-state index in [1.165, 1.54) is 25.3 Å². The molecule has 1 aliphatic rings. The van der Waals surface area contributed by atoms with Crippen LogP contribution in [0.3, 0.4) is 0 Å². The number of methoxy groups -OCH3 is 1. The molecule has 24 heavy (non-hydrogen) atoms. The standard InChI is InChI=1S/C15H23N3O4S.Na.H/c1-3-18-8-4-5-11(18)10-17-15(19)13-9-12(23(16,20)21)6-7-14(13)22-2;;/h6-7,9,11H,3-5,8,10H2,1-2H3,(H,17,19)(H2,16,20,21);;. The van der Waals surface area contributed by atoms with Crippen LogP contribution in [0.2, 0.25) is 0 Å². The van der Waals surface area contributed by atoms with Crippen LogP contribution >= 0.6 is 0 Å². The Labute approximate surface area is 165 Å². The van der Waals surface area contributed by atoms with Crippen molar-refractivity contribution in [1.29, 1.82) is 0 Å². The van der Waals surface area contributed by atoms with Crippen molar-refractivity contribution in [3.05, 3.63) is 23.8 Å². The van der Waals surface area contributed by atoms with Crippen LogP contribution < -0.4 is 15.2 Å². The monoisotopic (exact) mass is 365 g/mol. The number of likely N-dealkylation sites (tertiary alicyclic amines) is 1. The second kappa shape index (κ2) is 9.17. The summed E-state index contributed by atoms with van der Waals surface area (Å²) in [5.41, 5.74) is 0.167. The Kier molecular flexibility index (Phi) is 8.17. The van der Waals surface area contributed by atoms with Crippen molar-refractivity contribution in [2.24, 2.45) is 5.14 Å². The fourth-order valence-corrected chi connectivity index (χ4v) is 3.43. The van der Waals surface area contributed by atoms with E-state index in [1.54, 1.807) is 0 Å². The molecule has 1 atom stereocenters. The predicted molar refractivity (Wildman–Crippen MR) is 94.1 cm³/mol. The van der Waals surface area contributed by atoms with Crippen LogP contribution in [0.5, 0.6) is 5.75 Å². The number of sulfonamides is 1. The molecule has 7 nitrogen and oxygen atoms in total. The van der Waals surface area contributed by atoms with Crippen molar-refractivity contribution >= 4 is 45.5 Å². The van der Waals surface area contributed by atoms with Gasteiger partial charge in [-0.2, -0.15) is 0 Å². The molecule has 1 saturated heterocycles. The zero-order valence-electron chi connectivity index (χ0n) is 13.4. The molecular formula is C15H24N3NaO4S. The van der Waals surface area contributed by atoms with Gasteiger partial charge in [-0.05, 0) is 44.1 Å². The maximum atomic E-state index is 12.4. The first-order valence-electron chi connectivity index (χ1n) is 7.60. The van der Waals surface area contributed by atoms with Crippen LogP contribution in [-0.2, 0) is 10.0 Å². The van der Waals surface area contributed by atoms with E-state index in [4.69, 9.17) is 9.88 Å². The van der Waals surface area contributed by atoms with Gasteiger partial charge in [0.25, 0.3) is 5.91 Å². The molecule has 1 heterocycles. The number of carbonyl (C=O) groups is 1.